The molecule has 1 aromatic heterocycles. The van der Waals surface area contributed by atoms with Crippen LogP contribution >= 0.6 is 24.2 Å². The van der Waals surface area contributed by atoms with Crippen molar-refractivity contribution >= 4 is 30.1 Å². The van der Waals surface area contributed by atoms with Crippen molar-refractivity contribution in [2.24, 2.45) is 0 Å². The number of fused-ring (bicyclic) bond motifs is 1. The van der Waals surface area contributed by atoms with E-state index in [1.54, 1.807) is 17.8 Å². The molecule has 2 aliphatic heterocycles. The summed E-state index contributed by atoms with van der Waals surface area (Å²) in [4.78, 5) is 13.8. The van der Waals surface area contributed by atoms with Crippen LogP contribution in [0.5, 0.6) is 0 Å². The van der Waals surface area contributed by atoms with Gasteiger partial charge in [0.05, 0.1) is 17.8 Å². The maximum Gasteiger partial charge on any atom is 0.274 e. The van der Waals surface area contributed by atoms with Gasteiger partial charge in [-0.05, 0) is 63.0 Å². The number of carbonyl (C=O) groups is 1. The van der Waals surface area contributed by atoms with Crippen LogP contribution in [0.4, 0.5) is 4.39 Å². The van der Waals surface area contributed by atoms with Crippen molar-refractivity contribution in [1.82, 2.24) is 25.6 Å². The summed E-state index contributed by atoms with van der Waals surface area (Å²) in [5.41, 5.74) is 2.00. The lowest BCUT2D eigenvalue weighted by Gasteiger charge is -2.26. The molecule has 9 heteroatoms. The minimum absolute atomic E-state index is 0. The number of thioether (sulfide) groups is 1. The van der Waals surface area contributed by atoms with E-state index in [1.165, 1.54) is 12.1 Å². The third-order valence-corrected chi connectivity index (χ3v) is 6.24. The zero-order valence-corrected chi connectivity index (χ0v) is 16.7. The quantitative estimate of drug-likeness (QED) is 0.812. The van der Waals surface area contributed by atoms with Crippen LogP contribution in [0.2, 0.25) is 0 Å². The van der Waals surface area contributed by atoms with Gasteiger partial charge in [0, 0.05) is 10.6 Å². The fourth-order valence-electron chi connectivity index (χ4n) is 3.69. The Morgan fingerprint density at radius 2 is 2.11 bits per heavy atom. The molecule has 1 atom stereocenters. The number of hydrogen-bond donors (Lipinski definition) is 2. The van der Waals surface area contributed by atoms with Crippen LogP contribution in [-0.4, -0.2) is 39.7 Å². The number of aromatic nitrogens is 3. The molecule has 4 rings (SSSR count). The summed E-state index contributed by atoms with van der Waals surface area (Å²) < 4.78 is 15.5. The van der Waals surface area contributed by atoms with E-state index in [1.807, 2.05) is 11.6 Å². The Bertz CT molecular complexity index is 824. The van der Waals surface area contributed by atoms with Crippen molar-refractivity contribution in [2.75, 3.05) is 18.8 Å². The third-order valence-electron chi connectivity index (χ3n) is 5.11. The van der Waals surface area contributed by atoms with Crippen molar-refractivity contribution in [3.63, 3.8) is 0 Å². The first kappa shape index (κ1) is 20.1. The Balaban J connectivity index is 0.00000210. The number of benzene rings is 1. The lowest BCUT2D eigenvalue weighted by Crippen LogP contribution is -2.32. The van der Waals surface area contributed by atoms with Gasteiger partial charge >= 0.3 is 0 Å². The molecule has 1 unspecified atom stereocenters. The highest BCUT2D eigenvalue weighted by molar-refractivity contribution is 7.99. The molecule has 2 aromatic rings. The Labute approximate surface area is 168 Å². The summed E-state index contributed by atoms with van der Waals surface area (Å²) in [7, 11) is 0. The van der Waals surface area contributed by atoms with Gasteiger partial charge in [-0.25, -0.2) is 9.07 Å². The molecule has 2 aliphatic rings. The van der Waals surface area contributed by atoms with Crippen LogP contribution in [0.3, 0.4) is 0 Å². The number of nitrogens with one attached hydrogen (secondary N) is 2. The van der Waals surface area contributed by atoms with Gasteiger partial charge in [0.1, 0.15) is 5.82 Å². The van der Waals surface area contributed by atoms with Crippen molar-refractivity contribution in [1.29, 1.82) is 0 Å². The topological polar surface area (TPSA) is 71.8 Å². The average Bonchev–Trinajstić information content (AvgIpc) is 3.04. The second-order valence-corrected chi connectivity index (χ2v) is 7.93. The van der Waals surface area contributed by atoms with Crippen LogP contribution in [-0.2, 0) is 0 Å². The smallest absolute Gasteiger partial charge is 0.274 e. The van der Waals surface area contributed by atoms with E-state index in [0.717, 1.165) is 54.3 Å². The summed E-state index contributed by atoms with van der Waals surface area (Å²) in [5, 5.41) is 14.7. The predicted octanol–water partition coefficient (Wildman–Crippen LogP) is 3.04. The van der Waals surface area contributed by atoms with Crippen LogP contribution in [0, 0.1) is 12.7 Å². The van der Waals surface area contributed by atoms with Gasteiger partial charge in [0.15, 0.2) is 5.69 Å². The molecular weight excluding hydrogens is 389 g/mol. The Hall–Kier alpha value is -1.64. The van der Waals surface area contributed by atoms with Crippen LogP contribution < -0.4 is 10.6 Å². The second-order valence-electron chi connectivity index (χ2n) is 6.79. The van der Waals surface area contributed by atoms with Crippen molar-refractivity contribution in [2.45, 2.75) is 43.2 Å². The molecule has 1 amide bonds. The number of nitrogens with zero attached hydrogens (tertiary/aromatic N) is 3. The first-order valence-electron chi connectivity index (χ1n) is 8.99. The first-order chi connectivity index (χ1) is 12.6. The summed E-state index contributed by atoms with van der Waals surface area (Å²) in [6.07, 6.45) is 2.74. The molecule has 6 nitrogen and oxygen atoms in total. The molecule has 146 valence electrons. The number of hydrogen-bond acceptors (Lipinski definition) is 5. The maximum atomic E-state index is 13.6. The molecule has 2 N–H and O–H groups in total. The molecule has 1 fully saturated rings. The lowest BCUT2D eigenvalue weighted by atomic mass is 10.0. The Kier molecular flexibility index (Phi) is 6.39. The van der Waals surface area contributed by atoms with Gasteiger partial charge in [0.2, 0.25) is 0 Å². The molecule has 0 spiro atoms. The number of halogens is 2. The van der Waals surface area contributed by atoms with Gasteiger partial charge in [-0.3, -0.25) is 4.79 Å². The number of piperidine rings is 1. The highest BCUT2D eigenvalue weighted by Crippen LogP contribution is 2.36. The second kappa shape index (κ2) is 8.58. The van der Waals surface area contributed by atoms with Gasteiger partial charge in [-0.2, -0.15) is 0 Å². The Morgan fingerprint density at radius 1 is 1.33 bits per heavy atom. The molecule has 1 saturated heterocycles. The first-order valence-corrected chi connectivity index (χ1v) is 9.97. The van der Waals surface area contributed by atoms with Gasteiger partial charge in [-0.15, -0.1) is 29.3 Å². The molecule has 0 bridgehead atoms. The van der Waals surface area contributed by atoms with E-state index in [9.17, 15) is 9.18 Å². The minimum atomic E-state index is -0.279. The van der Waals surface area contributed by atoms with E-state index in [0.29, 0.717) is 5.69 Å². The molecule has 3 heterocycles. The predicted molar refractivity (Wildman–Crippen MR) is 105 cm³/mol. The summed E-state index contributed by atoms with van der Waals surface area (Å²) in [6, 6.07) is 4.85. The van der Waals surface area contributed by atoms with Crippen LogP contribution in [0.1, 0.15) is 53.1 Å². The van der Waals surface area contributed by atoms with E-state index >= 15 is 0 Å². The third kappa shape index (κ3) is 4.12. The SMILES string of the molecule is Cc1c(C(=O)NC2CCSc3ccc(F)cc32)nnn1C1CCNCC1.Cl. The van der Waals surface area contributed by atoms with E-state index in [4.69, 9.17) is 0 Å². The van der Waals surface area contributed by atoms with Crippen molar-refractivity contribution in [3.8, 4) is 0 Å². The Morgan fingerprint density at radius 3 is 2.89 bits per heavy atom. The zero-order valence-electron chi connectivity index (χ0n) is 15.1. The molecular formula is C18H23ClFN5OS. The largest absolute Gasteiger partial charge is 0.344 e. The monoisotopic (exact) mass is 411 g/mol. The van der Waals surface area contributed by atoms with Crippen LogP contribution in [0.25, 0.3) is 0 Å². The van der Waals surface area contributed by atoms with Gasteiger partial charge in [-0.1, -0.05) is 5.21 Å². The van der Waals surface area contributed by atoms with E-state index in [2.05, 4.69) is 20.9 Å². The van der Waals surface area contributed by atoms with Crippen molar-refractivity contribution < 1.29 is 9.18 Å². The van der Waals surface area contributed by atoms with Gasteiger partial charge < -0.3 is 10.6 Å². The highest BCUT2D eigenvalue weighted by atomic mass is 35.5. The highest BCUT2D eigenvalue weighted by Gasteiger charge is 2.27. The van der Waals surface area contributed by atoms with E-state index in [-0.39, 0.29) is 36.2 Å². The molecule has 0 radical (unpaired) electrons. The standard InChI is InChI=1S/C18H22FN5OS.ClH/c1-11-17(22-23-24(11)13-4-7-20-8-5-13)18(25)21-15-6-9-26-16-3-2-12(19)10-14(15)16;/h2-3,10,13,15,20H,4-9H2,1H3,(H,21,25);1H. The minimum Gasteiger partial charge on any atom is -0.344 e. The average molecular weight is 412 g/mol. The molecule has 27 heavy (non-hydrogen) atoms. The fourth-order valence-corrected chi connectivity index (χ4v) is 4.80. The number of rotatable bonds is 3. The maximum absolute atomic E-state index is 13.6. The lowest BCUT2D eigenvalue weighted by molar-refractivity contribution is 0.0929. The zero-order chi connectivity index (χ0) is 18.1. The van der Waals surface area contributed by atoms with Gasteiger partial charge in [0.25, 0.3) is 5.91 Å². The molecule has 1 aromatic carbocycles. The number of amides is 1. The van der Waals surface area contributed by atoms with E-state index < -0.39 is 0 Å². The van der Waals surface area contributed by atoms with Crippen molar-refractivity contribution in [3.05, 3.63) is 41.0 Å². The molecule has 0 aliphatic carbocycles. The normalized spacial score (nSPS) is 19.9. The summed E-state index contributed by atoms with van der Waals surface area (Å²) in [5.74, 6) is 0.373. The fraction of sp³-hybridized carbons (Fsp3) is 0.500. The molecule has 0 saturated carbocycles. The van der Waals surface area contributed by atoms with Crippen LogP contribution in [0.15, 0.2) is 23.1 Å². The summed E-state index contributed by atoms with van der Waals surface area (Å²) >= 11 is 1.69. The number of carbonyl (C=O) groups excluding carboxylic acids is 1. The summed E-state index contributed by atoms with van der Waals surface area (Å²) in [6.45, 7) is 3.79.